The van der Waals surface area contributed by atoms with Crippen LogP contribution in [0.2, 0.25) is 0 Å². The van der Waals surface area contributed by atoms with E-state index in [1.165, 1.54) is 21.6 Å². The first-order chi connectivity index (χ1) is 12.0. The van der Waals surface area contributed by atoms with Crippen LogP contribution >= 0.6 is 21.6 Å². The molecule has 2 atom stereocenters. The zero-order valence-electron chi connectivity index (χ0n) is 15.8. The van der Waals surface area contributed by atoms with Crippen molar-refractivity contribution >= 4 is 33.4 Å². The van der Waals surface area contributed by atoms with Gasteiger partial charge in [0.1, 0.15) is 12.2 Å². The van der Waals surface area contributed by atoms with Crippen LogP contribution in [-0.2, 0) is 9.59 Å². The molecule has 6 N–H and O–H groups in total. The smallest absolute Gasteiger partial charge is 0.249 e. The highest BCUT2D eigenvalue weighted by atomic mass is 33.1. The van der Waals surface area contributed by atoms with E-state index < -0.39 is 34.9 Å². The summed E-state index contributed by atoms with van der Waals surface area (Å²) in [5, 5.41) is 43.1. The fraction of sp³-hybridized carbons (Fsp3) is 0.875. The molecule has 0 aliphatic rings. The van der Waals surface area contributed by atoms with Crippen LogP contribution in [0.4, 0.5) is 0 Å². The molecule has 0 aromatic carbocycles. The predicted octanol–water partition coefficient (Wildman–Crippen LogP) is -0.641. The van der Waals surface area contributed by atoms with Gasteiger partial charge in [0.2, 0.25) is 11.8 Å². The van der Waals surface area contributed by atoms with Crippen LogP contribution in [-0.4, -0.2) is 82.3 Å². The van der Waals surface area contributed by atoms with Crippen LogP contribution in [0.3, 0.4) is 0 Å². The highest BCUT2D eigenvalue weighted by Gasteiger charge is 2.33. The first-order valence-corrected chi connectivity index (χ1v) is 10.9. The van der Waals surface area contributed by atoms with Crippen molar-refractivity contribution in [3.05, 3.63) is 0 Å². The summed E-state index contributed by atoms with van der Waals surface area (Å²) in [6.45, 7) is 6.60. The lowest BCUT2D eigenvalue weighted by Crippen LogP contribution is -2.46. The summed E-state index contributed by atoms with van der Waals surface area (Å²) in [6.07, 6.45) is -2.54. The molecule has 10 heteroatoms. The van der Waals surface area contributed by atoms with Crippen LogP contribution < -0.4 is 10.6 Å². The van der Waals surface area contributed by atoms with Gasteiger partial charge in [0.15, 0.2) is 0 Å². The number of aliphatic hydroxyl groups excluding tert-OH is 4. The van der Waals surface area contributed by atoms with E-state index >= 15 is 0 Å². The SMILES string of the molecule is CC(C)(CO)[C@H](O)C(=O)NCCSSCCNC(=O)[C@@H](O)C(C)(C)CO. The molecule has 0 aliphatic heterocycles. The number of amides is 2. The van der Waals surface area contributed by atoms with Crippen LogP contribution in [0.1, 0.15) is 27.7 Å². The number of rotatable bonds is 13. The molecule has 8 nitrogen and oxygen atoms in total. The Labute approximate surface area is 162 Å². The van der Waals surface area contributed by atoms with Gasteiger partial charge in [-0.25, -0.2) is 0 Å². The van der Waals surface area contributed by atoms with Crippen molar-refractivity contribution in [2.75, 3.05) is 37.8 Å². The van der Waals surface area contributed by atoms with Crippen molar-refractivity contribution in [3.63, 3.8) is 0 Å². The van der Waals surface area contributed by atoms with Crippen molar-refractivity contribution in [3.8, 4) is 0 Å². The lowest BCUT2D eigenvalue weighted by atomic mass is 9.87. The minimum Gasteiger partial charge on any atom is -0.396 e. The molecule has 0 radical (unpaired) electrons. The van der Waals surface area contributed by atoms with Crippen LogP contribution in [0.25, 0.3) is 0 Å². The molecule has 0 bridgehead atoms. The fourth-order valence-electron chi connectivity index (χ4n) is 1.63. The third-order valence-corrected chi connectivity index (χ3v) is 6.25. The van der Waals surface area contributed by atoms with Crippen LogP contribution in [0.5, 0.6) is 0 Å². The summed E-state index contributed by atoms with van der Waals surface area (Å²) in [7, 11) is 3.01. The van der Waals surface area contributed by atoms with Gasteiger partial charge < -0.3 is 31.1 Å². The average Bonchev–Trinajstić information content (AvgIpc) is 2.61. The second-order valence-corrected chi connectivity index (χ2v) is 10.0. The number of carbonyl (C=O) groups is 2. The van der Waals surface area contributed by atoms with Gasteiger partial charge in [-0.2, -0.15) is 0 Å². The number of hydrogen-bond acceptors (Lipinski definition) is 8. The summed E-state index contributed by atoms with van der Waals surface area (Å²) in [5.41, 5.74) is -1.78. The van der Waals surface area contributed by atoms with Gasteiger partial charge in [0, 0.05) is 35.4 Å². The monoisotopic (exact) mass is 412 g/mol. The molecule has 0 aromatic heterocycles. The first-order valence-electron chi connectivity index (χ1n) is 8.37. The second kappa shape index (κ2) is 12.0. The van der Waals surface area contributed by atoms with E-state index in [0.717, 1.165) is 0 Å². The Morgan fingerprint density at radius 3 is 1.38 bits per heavy atom. The number of carbonyl (C=O) groups excluding carboxylic acids is 2. The maximum absolute atomic E-state index is 11.8. The minimum absolute atomic E-state index is 0.290. The average molecular weight is 413 g/mol. The Morgan fingerprint density at radius 2 is 1.12 bits per heavy atom. The van der Waals surface area contributed by atoms with Crippen molar-refractivity contribution < 1.29 is 30.0 Å². The molecule has 0 aromatic rings. The molecule has 26 heavy (non-hydrogen) atoms. The molecule has 2 amide bonds. The molecule has 0 aliphatic carbocycles. The molecule has 0 spiro atoms. The summed E-state index contributed by atoms with van der Waals surface area (Å²) >= 11 is 0. The molecular weight excluding hydrogens is 380 g/mol. The van der Waals surface area contributed by atoms with Crippen molar-refractivity contribution in [1.82, 2.24) is 10.6 Å². The largest absolute Gasteiger partial charge is 0.396 e. The lowest BCUT2D eigenvalue weighted by Gasteiger charge is -2.27. The van der Waals surface area contributed by atoms with E-state index in [1.807, 2.05) is 0 Å². The van der Waals surface area contributed by atoms with E-state index in [1.54, 1.807) is 27.7 Å². The number of aliphatic hydroxyl groups is 4. The van der Waals surface area contributed by atoms with Crippen LogP contribution in [0, 0.1) is 10.8 Å². The zero-order chi connectivity index (χ0) is 20.4. The Morgan fingerprint density at radius 1 is 0.808 bits per heavy atom. The minimum atomic E-state index is -1.27. The lowest BCUT2D eigenvalue weighted by molar-refractivity contribution is -0.137. The standard InChI is InChI=1S/C16H32N2O6S2/c1-15(2,9-19)11(21)13(23)17-5-7-25-26-8-6-18-14(24)12(22)16(3,4)10-20/h11-12,19-22H,5-10H2,1-4H3,(H,17,23)(H,18,24)/t11-,12-/m1/s1. The molecule has 154 valence electrons. The normalized spacial score (nSPS) is 14.6. The third-order valence-electron chi connectivity index (χ3n) is 3.84. The maximum atomic E-state index is 11.8. The fourth-order valence-corrected chi connectivity index (χ4v) is 3.44. The predicted molar refractivity (Wildman–Crippen MR) is 105 cm³/mol. The summed E-state index contributed by atoms with van der Waals surface area (Å²) in [5.74, 6) is 0.220. The Hall–Kier alpha value is -0.520. The van der Waals surface area contributed by atoms with E-state index in [0.29, 0.717) is 24.6 Å². The summed E-state index contributed by atoms with van der Waals surface area (Å²) < 4.78 is 0. The Balaban J connectivity index is 3.80. The van der Waals surface area contributed by atoms with Crippen molar-refractivity contribution in [1.29, 1.82) is 0 Å². The highest BCUT2D eigenvalue weighted by molar-refractivity contribution is 8.76. The molecule has 0 heterocycles. The maximum Gasteiger partial charge on any atom is 0.249 e. The van der Waals surface area contributed by atoms with Gasteiger partial charge in [0.05, 0.1) is 13.2 Å². The topological polar surface area (TPSA) is 139 Å². The van der Waals surface area contributed by atoms with E-state index in [4.69, 9.17) is 10.2 Å². The van der Waals surface area contributed by atoms with E-state index in [-0.39, 0.29) is 13.2 Å². The number of hydrogen-bond donors (Lipinski definition) is 6. The molecule has 0 fully saturated rings. The van der Waals surface area contributed by atoms with Gasteiger partial charge in [-0.1, -0.05) is 49.3 Å². The quantitative estimate of drug-likeness (QED) is 0.173. The van der Waals surface area contributed by atoms with Crippen molar-refractivity contribution in [2.45, 2.75) is 39.9 Å². The Bertz CT molecular complexity index is 408. The third kappa shape index (κ3) is 8.92. The van der Waals surface area contributed by atoms with E-state index in [9.17, 15) is 19.8 Å². The van der Waals surface area contributed by atoms with Gasteiger partial charge in [0.25, 0.3) is 0 Å². The molecule has 0 saturated carbocycles. The van der Waals surface area contributed by atoms with E-state index in [2.05, 4.69) is 10.6 Å². The molecule has 0 saturated heterocycles. The van der Waals surface area contributed by atoms with Gasteiger partial charge in [-0.05, 0) is 0 Å². The molecule has 0 rings (SSSR count). The van der Waals surface area contributed by atoms with Crippen LogP contribution in [0.15, 0.2) is 0 Å². The number of nitrogens with one attached hydrogen (secondary N) is 2. The van der Waals surface area contributed by atoms with Crippen molar-refractivity contribution in [2.24, 2.45) is 10.8 Å². The molecular formula is C16H32N2O6S2. The molecule has 0 unspecified atom stereocenters. The first kappa shape index (κ1) is 25.5. The summed E-state index contributed by atoms with van der Waals surface area (Å²) in [4.78, 5) is 23.5. The summed E-state index contributed by atoms with van der Waals surface area (Å²) in [6, 6.07) is 0. The second-order valence-electron chi connectivity index (χ2n) is 7.32. The van der Waals surface area contributed by atoms with Gasteiger partial charge >= 0.3 is 0 Å². The Kier molecular flexibility index (Phi) is 11.8. The zero-order valence-corrected chi connectivity index (χ0v) is 17.5. The van der Waals surface area contributed by atoms with Gasteiger partial charge in [-0.3, -0.25) is 9.59 Å². The van der Waals surface area contributed by atoms with Gasteiger partial charge in [-0.15, -0.1) is 0 Å². The highest BCUT2D eigenvalue weighted by Crippen LogP contribution is 2.22.